The highest BCUT2D eigenvalue weighted by Crippen LogP contribution is 2.70. The second kappa shape index (κ2) is 18.1. The molecule has 3 fully saturated rings. The van der Waals surface area contributed by atoms with Crippen LogP contribution in [0.5, 0.6) is 0 Å². The van der Waals surface area contributed by atoms with Gasteiger partial charge in [0, 0.05) is 54.2 Å². The Morgan fingerprint density at radius 3 is 1.89 bits per heavy atom. The summed E-state index contributed by atoms with van der Waals surface area (Å²) in [5, 5.41) is 13.8. The molecule has 21 nitrogen and oxygen atoms in total. The average Bonchev–Trinajstić information content (AvgIpc) is 3.45. The molecule has 3 heterocycles. The molecule has 2 saturated carbocycles. The molecule has 1 N–H and O–H groups in total. The second-order valence-electron chi connectivity index (χ2n) is 17.3. The molecule has 2 aliphatic heterocycles. The number of benzene rings is 1. The quantitative estimate of drug-likeness (QED) is 0.277. The van der Waals surface area contributed by atoms with Gasteiger partial charge in [0.2, 0.25) is 5.60 Å². The lowest BCUT2D eigenvalue weighted by atomic mass is 9.45. The highest BCUT2D eigenvalue weighted by Gasteiger charge is 2.92. The van der Waals surface area contributed by atoms with Crippen molar-refractivity contribution in [2.75, 3.05) is 13.2 Å². The smallest absolute Gasteiger partial charge is 0.350 e. The molecular formula is C45H51NO20. The van der Waals surface area contributed by atoms with Gasteiger partial charge in [-0.2, -0.15) is 0 Å². The van der Waals surface area contributed by atoms with Crippen molar-refractivity contribution in [1.29, 1.82) is 0 Å². The lowest BCUT2D eigenvalue weighted by molar-refractivity contribution is -0.386. The van der Waals surface area contributed by atoms with Crippen LogP contribution in [0.4, 0.5) is 0 Å². The van der Waals surface area contributed by atoms with E-state index < -0.39 is 144 Å². The summed E-state index contributed by atoms with van der Waals surface area (Å²) in [5.41, 5.74) is -13.3. The van der Waals surface area contributed by atoms with Gasteiger partial charge in [0.15, 0.2) is 30.0 Å². The molecule has 6 rings (SSSR count). The van der Waals surface area contributed by atoms with E-state index >= 15 is 0 Å². The molecule has 1 aromatic carbocycles. The zero-order chi connectivity index (χ0) is 48.7. The van der Waals surface area contributed by atoms with Crippen molar-refractivity contribution in [3.05, 3.63) is 65.5 Å². The van der Waals surface area contributed by atoms with Gasteiger partial charge < -0.3 is 52.5 Å². The van der Waals surface area contributed by atoms with Crippen LogP contribution in [0.2, 0.25) is 0 Å². The minimum Gasteiger partial charge on any atom is -0.465 e. The Bertz CT molecular complexity index is 2310. The SMILES string of the molecule is CC(=O)OC[C@]12[C@H](OC(C)=O)[C@@H](OC(C)=O)[C@@H]3[C@H](OC(=O)c4ccccc4)[C@@]14O[C@@]3(C)COC(=O)c1cccnc1CC[C@@](C)(OC(C)=O)C(=O)O[C@@H]([C@@H](OC(C)=O)[C@@H]2OC(C)=O)[C@@]4(C)O. The number of aryl methyl sites for hydroxylation is 1. The fourth-order valence-corrected chi connectivity index (χ4v) is 10.1. The fraction of sp³-hybridized carbons (Fsp3) is 0.556. The van der Waals surface area contributed by atoms with E-state index in [0.717, 1.165) is 48.5 Å². The summed E-state index contributed by atoms with van der Waals surface area (Å²) < 4.78 is 61.0. The largest absolute Gasteiger partial charge is 0.465 e. The number of carbonyl (C=O) groups excluding carboxylic acids is 9. The van der Waals surface area contributed by atoms with E-state index in [0.29, 0.717) is 0 Å². The molecule has 1 aromatic heterocycles. The predicted octanol–water partition coefficient (Wildman–Crippen LogP) is 1.84. The van der Waals surface area contributed by atoms with Crippen LogP contribution in [0.3, 0.4) is 0 Å². The topological polar surface area (TPSA) is 279 Å². The minimum absolute atomic E-state index is 0.0691. The molecule has 0 unspecified atom stereocenters. The number of ether oxygens (including phenoxy) is 10. The van der Waals surface area contributed by atoms with Crippen LogP contribution in [0.25, 0.3) is 0 Å². The number of hydrogen-bond acceptors (Lipinski definition) is 21. The van der Waals surface area contributed by atoms with Gasteiger partial charge in [0.1, 0.15) is 42.0 Å². The number of rotatable bonds is 9. The van der Waals surface area contributed by atoms with Gasteiger partial charge in [-0.15, -0.1) is 0 Å². The molecule has 66 heavy (non-hydrogen) atoms. The summed E-state index contributed by atoms with van der Waals surface area (Å²) in [4.78, 5) is 127. The highest BCUT2D eigenvalue weighted by molar-refractivity contribution is 5.91. The molecule has 2 aromatic rings. The van der Waals surface area contributed by atoms with E-state index in [9.17, 15) is 48.3 Å². The maximum atomic E-state index is 14.9. The van der Waals surface area contributed by atoms with Crippen molar-refractivity contribution in [1.82, 2.24) is 4.98 Å². The third kappa shape index (κ3) is 8.44. The predicted molar refractivity (Wildman–Crippen MR) is 216 cm³/mol. The molecule has 356 valence electrons. The monoisotopic (exact) mass is 925 g/mol. The number of fused-ring (bicyclic) bond motifs is 5. The number of aliphatic hydroxyl groups is 1. The maximum absolute atomic E-state index is 14.9. The molecule has 0 amide bonds. The normalized spacial score (nSPS) is 34.6. The number of nitrogens with zero attached hydrogens (tertiary/aromatic N) is 1. The molecule has 1 spiro atoms. The zero-order valence-corrected chi connectivity index (χ0v) is 37.6. The molecule has 4 aliphatic rings. The van der Waals surface area contributed by atoms with Gasteiger partial charge in [0.05, 0.1) is 22.7 Å². The Morgan fingerprint density at radius 1 is 0.727 bits per heavy atom. The Balaban J connectivity index is 1.82. The second-order valence-corrected chi connectivity index (χ2v) is 17.3. The molecule has 12 atom stereocenters. The Hall–Kier alpha value is -6.48. The van der Waals surface area contributed by atoms with Crippen LogP contribution in [-0.4, -0.2) is 136 Å². The van der Waals surface area contributed by atoms with Crippen molar-refractivity contribution in [2.24, 2.45) is 11.3 Å². The Morgan fingerprint density at radius 2 is 1.32 bits per heavy atom. The first-order valence-corrected chi connectivity index (χ1v) is 20.9. The summed E-state index contributed by atoms with van der Waals surface area (Å²) in [6, 6.07) is 10.2. The van der Waals surface area contributed by atoms with Gasteiger partial charge in [-0.25, -0.2) is 14.4 Å². The van der Waals surface area contributed by atoms with Gasteiger partial charge in [0.25, 0.3) is 0 Å². The van der Waals surface area contributed by atoms with Crippen molar-refractivity contribution >= 4 is 53.7 Å². The van der Waals surface area contributed by atoms with Gasteiger partial charge in [-0.05, 0) is 51.5 Å². The van der Waals surface area contributed by atoms with Crippen LogP contribution < -0.4 is 0 Å². The van der Waals surface area contributed by atoms with Gasteiger partial charge in [-0.3, -0.25) is 33.8 Å². The first kappa shape index (κ1) is 49.0. The molecule has 1 saturated heterocycles. The van der Waals surface area contributed by atoms with E-state index in [1.54, 1.807) is 6.07 Å². The van der Waals surface area contributed by atoms with E-state index in [1.165, 1.54) is 56.4 Å². The number of hydrogen-bond donors (Lipinski definition) is 1. The Labute approximate surface area is 377 Å². The molecular weight excluding hydrogens is 874 g/mol. The number of cyclic esters (lactones) is 1. The number of pyridine rings is 1. The average molecular weight is 926 g/mol. The van der Waals surface area contributed by atoms with Gasteiger partial charge in [-0.1, -0.05) is 18.2 Å². The van der Waals surface area contributed by atoms with Crippen LogP contribution in [0.15, 0.2) is 48.7 Å². The fourth-order valence-electron chi connectivity index (χ4n) is 10.1. The van der Waals surface area contributed by atoms with Crippen molar-refractivity contribution in [3.63, 3.8) is 0 Å². The summed E-state index contributed by atoms with van der Waals surface area (Å²) in [6.45, 7) is 7.32. The lowest BCUT2D eigenvalue weighted by Crippen LogP contribution is -2.89. The maximum Gasteiger partial charge on any atom is 0.350 e. The zero-order valence-electron chi connectivity index (χ0n) is 37.6. The molecule has 21 heteroatoms. The Kier molecular flexibility index (Phi) is 13.4. The summed E-state index contributed by atoms with van der Waals surface area (Å²) in [5.74, 6) is -11.6. The van der Waals surface area contributed by atoms with Crippen molar-refractivity contribution < 1.29 is 95.6 Å². The third-order valence-electron chi connectivity index (χ3n) is 12.5. The first-order valence-electron chi connectivity index (χ1n) is 20.9. The highest BCUT2D eigenvalue weighted by atomic mass is 16.7. The van der Waals surface area contributed by atoms with Crippen LogP contribution in [0, 0.1) is 11.3 Å². The molecule has 0 radical (unpaired) electrons. The van der Waals surface area contributed by atoms with E-state index in [4.69, 9.17) is 47.4 Å². The van der Waals surface area contributed by atoms with Crippen molar-refractivity contribution in [3.8, 4) is 0 Å². The van der Waals surface area contributed by atoms with E-state index in [-0.39, 0.29) is 23.2 Å². The molecule has 2 aliphatic carbocycles. The number of esters is 9. The first-order chi connectivity index (χ1) is 30.8. The van der Waals surface area contributed by atoms with Crippen molar-refractivity contribution in [2.45, 2.75) is 134 Å². The number of aromatic nitrogens is 1. The third-order valence-corrected chi connectivity index (χ3v) is 12.5. The van der Waals surface area contributed by atoms with E-state index in [2.05, 4.69) is 4.98 Å². The van der Waals surface area contributed by atoms with Crippen LogP contribution in [-0.2, 0) is 87.4 Å². The summed E-state index contributed by atoms with van der Waals surface area (Å²) in [7, 11) is 0. The van der Waals surface area contributed by atoms with E-state index in [1.807, 2.05) is 0 Å². The summed E-state index contributed by atoms with van der Waals surface area (Å²) in [6.07, 6.45) is -12.2. The van der Waals surface area contributed by atoms with Crippen LogP contribution in [0.1, 0.15) is 95.1 Å². The standard InChI is InChI=1S/C45H51NO20/c1-22(47)57-21-44-36(61-25(4)50)32(59-23(2)48)31-34(63-38(53)28-14-11-10-12-15-28)45(44)43(9,56)35(33(60-24(3)49)37(44)62-26(5)51)64-40(55)41(7,65-27(6)52)18-17-30-29(16-13-19-46-30)39(54)58-20-42(31,8)66-45/h10-16,19,31-37,56H,17-18,20-21H2,1-9H3/t31-,32+,33-,34+,35+,36-,37+,41-,42+,43-,44-,45+/m1/s1. The summed E-state index contributed by atoms with van der Waals surface area (Å²) >= 11 is 0. The van der Waals surface area contributed by atoms with Gasteiger partial charge >= 0.3 is 53.7 Å². The van der Waals surface area contributed by atoms with Crippen LogP contribution >= 0.6 is 0 Å². The number of carbonyl (C=O) groups is 9. The lowest BCUT2D eigenvalue weighted by Gasteiger charge is -2.67. The minimum atomic E-state index is -3.03. The molecule has 4 bridgehead atoms.